The van der Waals surface area contributed by atoms with Gasteiger partial charge in [-0.3, -0.25) is 4.79 Å². The quantitative estimate of drug-likeness (QED) is 0.611. The number of alkyl halides is 3. The lowest BCUT2D eigenvalue weighted by atomic mass is 10.1. The molecule has 2 aromatic rings. The van der Waals surface area contributed by atoms with Gasteiger partial charge in [-0.1, -0.05) is 25.1 Å². The average Bonchev–Trinajstić information content (AvgIpc) is 2.95. The van der Waals surface area contributed by atoms with Crippen LogP contribution >= 0.6 is 0 Å². The van der Waals surface area contributed by atoms with E-state index < -0.39 is 11.7 Å². The van der Waals surface area contributed by atoms with Gasteiger partial charge in [0.05, 0.1) is 19.6 Å². The Morgan fingerprint density at radius 1 is 1.23 bits per heavy atom. The number of para-hydroxylation sites is 1. The first kappa shape index (κ1) is 22.8. The fourth-order valence-corrected chi connectivity index (χ4v) is 3.29. The van der Waals surface area contributed by atoms with E-state index in [0.717, 1.165) is 23.9 Å². The molecular formula is C21H26F3N5O2. The van der Waals surface area contributed by atoms with E-state index >= 15 is 0 Å². The molecule has 0 saturated carbocycles. The molecule has 1 aromatic heterocycles. The molecule has 1 aliphatic rings. The van der Waals surface area contributed by atoms with Crippen molar-refractivity contribution < 1.29 is 22.7 Å². The summed E-state index contributed by atoms with van der Waals surface area (Å²) in [5.74, 6) is -0.211. The number of hydrogen-bond acceptors (Lipinski definition) is 6. The molecule has 1 aromatic carbocycles. The highest BCUT2D eigenvalue weighted by Crippen LogP contribution is 2.34. The lowest BCUT2D eigenvalue weighted by molar-refractivity contribution is -0.137. The summed E-state index contributed by atoms with van der Waals surface area (Å²) < 4.78 is 45.5. The maximum Gasteiger partial charge on any atom is 0.421 e. The summed E-state index contributed by atoms with van der Waals surface area (Å²) in [6.45, 7) is 4.03. The van der Waals surface area contributed by atoms with E-state index in [1.807, 2.05) is 31.2 Å². The van der Waals surface area contributed by atoms with Gasteiger partial charge < -0.3 is 20.3 Å². The molecular weight excluding hydrogens is 411 g/mol. The highest BCUT2D eigenvalue weighted by molar-refractivity contribution is 5.76. The van der Waals surface area contributed by atoms with E-state index in [4.69, 9.17) is 4.74 Å². The fraction of sp³-hybridized carbons (Fsp3) is 0.476. The van der Waals surface area contributed by atoms with Crippen molar-refractivity contribution in [2.75, 3.05) is 43.5 Å². The Kier molecular flexibility index (Phi) is 7.67. The van der Waals surface area contributed by atoms with Gasteiger partial charge in [0.25, 0.3) is 0 Å². The van der Waals surface area contributed by atoms with Crippen LogP contribution in [0.25, 0.3) is 0 Å². The lowest BCUT2D eigenvalue weighted by Gasteiger charge is -2.20. The van der Waals surface area contributed by atoms with Gasteiger partial charge in [-0.25, -0.2) is 4.98 Å². The van der Waals surface area contributed by atoms with Crippen LogP contribution in [0.4, 0.5) is 30.6 Å². The first-order valence-electron chi connectivity index (χ1n) is 10.3. The minimum absolute atomic E-state index is 0.00316. The van der Waals surface area contributed by atoms with Crippen LogP contribution in [0, 0.1) is 0 Å². The van der Waals surface area contributed by atoms with Crippen LogP contribution < -0.4 is 10.6 Å². The number of aryl methyl sites for hydroxylation is 1. The molecule has 1 amide bonds. The summed E-state index contributed by atoms with van der Waals surface area (Å²) in [6, 6.07) is 7.49. The average molecular weight is 437 g/mol. The normalized spacial score (nSPS) is 15.0. The first-order valence-corrected chi connectivity index (χ1v) is 10.3. The van der Waals surface area contributed by atoms with Gasteiger partial charge in [-0.15, -0.1) is 0 Å². The number of ether oxygens (including phenoxy) is 1. The van der Waals surface area contributed by atoms with Crippen molar-refractivity contribution in [3.8, 4) is 0 Å². The highest BCUT2D eigenvalue weighted by Gasteiger charge is 2.35. The Labute approximate surface area is 179 Å². The topological polar surface area (TPSA) is 79.4 Å². The summed E-state index contributed by atoms with van der Waals surface area (Å²) in [7, 11) is 0. The summed E-state index contributed by atoms with van der Waals surface area (Å²) >= 11 is 0. The van der Waals surface area contributed by atoms with Crippen molar-refractivity contribution in [3.63, 3.8) is 0 Å². The fourth-order valence-electron chi connectivity index (χ4n) is 3.29. The number of aromatic nitrogens is 2. The molecule has 0 radical (unpaired) electrons. The molecule has 0 spiro atoms. The second kappa shape index (κ2) is 10.4. The molecule has 31 heavy (non-hydrogen) atoms. The van der Waals surface area contributed by atoms with E-state index in [1.165, 1.54) is 0 Å². The van der Waals surface area contributed by atoms with E-state index in [0.29, 0.717) is 39.1 Å². The smallest absolute Gasteiger partial charge is 0.379 e. The zero-order chi connectivity index (χ0) is 22.3. The van der Waals surface area contributed by atoms with Gasteiger partial charge in [0.1, 0.15) is 11.4 Å². The van der Waals surface area contributed by atoms with Crippen molar-refractivity contribution in [1.82, 2.24) is 14.9 Å². The molecule has 3 rings (SSSR count). The van der Waals surface area contributed by atoms with E-state index in [-0.39, 0.29) is 24.2 Å². The minimum atomic E-state index is -4.58. The number of halogens is 3. The van der Waals surface area contributed by atoms with Crippen molar-refractivity contribution in [2.45, 2.75) is 32.4 Å². The molecule has 0 unspecified atom stereocenters. The molecule has 2 N–H and O–H groups in total. The summed E-state index contributed by atoms with van der Waals surface area (Å²) in [4.78, 5) is 21.6. The zero-order valence-electron chi connectivity index (χ0n) is 17.3. The third-order valence-electron chi connectivity index (χ3n) is 4.95. The number of rotatable bonds is 8. The van der Waals surface area contributed by atoms with Crippen LogP contribution in [0.1, 0.15) is 30.9 Å². The summed E-state index contributed by atoms with van der Waals surface area (Å²) in [5, 5.41) is 5.77. The number of anilines is 3. The summed E-state index contributed by atoms with van der Waals surface area (Å²) in [5.41, 5.74) is 0.824. The zero-order valence-corrected chi connectivity index (χ0v) is 17.3. The number of nitrogens with zero attached hydrogens (tertiary/aromatic N) is 3. The van der Waals surface area contributed by atoms with Crippen LogP contribution in [-0.2, 0) is 22.1 Å². The summed E-state index contributed by atoms with van der Waals surface area (Å²) in [6.07, 6.45) is -2.24. The molecule has 10 heteroatoms. The lowest BCUT2D eigenvalue weighted by Crippen LogP contribution is -2.33. The van der Waals surface area contributed by atoms with Crippen molar-refractivity contribution in [3.05, 3.63) is 41.6 Å². The van der Waals surface area contributed by atoms with E-state index in [2.05, 4.69) is 20.6 Å². The monoisotopic (exact) mass is 437 g/mol. The van der Waals surface area contributed by atoms with Crippen LogP contribution in [0.5, 0.6) is 0 Å². The number of benzene rings is 1. The largest absolute Gasteiger partial charge is 0.421 e. The third-order valence-corrected chi connectivity index (χ3v) is 4.95. The second-order valence-electron chi connectivity index (χ2n) is 7.11. The molecule has 168 valence electrons. The van der Waals surface area contributed by atoms with Crippen LogP contribution in [0.15, 0.2) is 30.5 Å². The van der Waals surface area contributed by atoms with Gasteiger partial charge in [0, 0.05) is 31.5 Å². The van der Waals surface area contributed by atoms with Gasteiger partial charge in [0.15, 0.2) is 0 Å². The van der Waals surface area contributed by atoms with Gasteiger partial charge in [-0.2, -0.15) is 18.2 Å². The predicted octanol–water partition coefficient (Wildman–Crippen LogP) is 3.85. The standard InChI is InChI=1S/C21H26F3N5O2/c1-2-15-6-3-4-7-17(15)27-20-26-14-16(21(22,23)24)19(28-20)25-9-5-10-29-11-13-31-12-8-18(29)30/h3-4,6-7,14H,2,5,8-13H2,1H3,(H2,25,26,27,28). The molecule has 1 fully saturated rings. The van der Waals surface area contributed by atoms with Crippen LogP contribution in [0.3, 0.4) is 0 Å². The van der Waals surface area contributed by atoms with Gasteiger partial charge in [-0.05, 0) is 24.5 Å². The van der Waals surface area contributed by atoms with Gasteiger partial charge in [0.2, 0.25) is 11.9 Å². The maximum atomic E-state index is 13.4. The van der Waals surface area contributed by atoms with Crippen LogP contribution in [0.2, 0.25) is 0 Å². The third kappa shape index (κ3) is 6.30. The van der Waals surface area contributed by atoms with Crippen molar-refractivity contribution in [1.29, 1.82) is 0 Å². The first-order chi connectivity index (χ1) is 14.9. The Morgan fingerprint density at radius 3 is 2.81 bits per heavy atom. The number of amides is 1. The van der Waals surface area contributed by atoms with E-state index in [9.17, 15) is 18.0 Å². The highest BCUT2D eigenvalue weighted by atomic mass is 19.4. The molecule has 1 aliphatic heterocycles. The molecule has 1 saturated heterocycles. The Bertz CT molecular complexity index is 892. The Balaban J connectivity index is 1.68. The molecule has 0 aliphatic carbocycles. The predicted molar refractivity (Wildman–Crippen MR) is 111 cm³/mol. The Morgan fingerprint density at radius 2 is 2.03 bits per heavy atom. The Hall–Kier alpha value is -2.88. The number of nitrogens with one attached hydrogen (secondary N) is 2. The maximum absolute atomic E-state index is 13.4. The SMILES string of the molecule is CCc1ccccc1Nc1ncc(C(F)(F)F)c(NCCCN2CCOCCC2=O)n1. The minimum Gasteiger partial charge on any atom is -0.379 e. The molecule has 0 bridgehead atoms. The van der Waals surface area contributed by atoms with Crippen molar-refractivity contribution >= 4 is 23.4 Å². The molecule has 7 nitrogen and oxygen atoms in total. The van der Waals surface area contributed by atoms with E-state index in [1.54, 1.807) is 4.90 Å². The van der Waals surface area contributed by atoms with Crippen LogP contribution in [-0.4, -0.2) is 53.6 Å². The van der Waals surface area contributed by atoms with Gasteiger partial charge >= 0.3 is 6.18 Å². The number of hydrogen-bond donors (Lipinski definition) is 2. The van der Waals surface area contributed by atoms with Crippen molar-refractivity contribution in [2.24, 2.45) is 0 Å². The number of carbonyl (C=O) groups is 1. The second-order valence-corrected chi connectivity index (χ2v) is 7.11. The molecule has 0 atom stereocenters. The number of carbonyl (C=O) groups excluding carboxylic acids is 1. The molecule has 2 heterocycles.